The van der Waals surface area contributed by atoms with E-state index in [9.17, 15) is 13.6 Å². The van der Waals surface area contributed by atoms with E-state index in [1.165, 1.54) is 13.2 Å². The van der Waals surface area contributed by atoms with E-state index in [0.29, 0.717) is 0 Å². The molecule has 110 valence electrons. The first-order valence-electron chi connectivity index (χ1n) is 5.82. The third-order valence-electron chi connectivity index (χ3n) is 2.74. The predicted molar refractivity (Wildman–Crippen MR) is 79.4 cm³/mol. The fourth-order valence-corrected chi connectivity index (χ4v) is 2.21. The van der Waals surface area contributed by atoms with Crippen LogP contribution in [-0.4, -0.2) is 13.0 Å². The number of ether oxygens (including phenoxy) is 1. The molecule has 2 aromatic rings. The summed E-state index contributed by atoms with van der Waals surface area (Å²) < 4.78 is 32.7. The Balaban J connectivity index is 2.38. The second kappa shape index (κ2) is 6.09. The molecular formula is C14H11BrF2N2O2. The van der Waals surface area contributed by atoms with Crippen LogP contribution in [0.4, 0.5) is 20.2 Å². The normalized spacial score (nSPS) is 10.3. The minimum atomic E-state index is -0.891. The van der Waals surface area contributed by atoms with Crippen LogP contribution in [0.25, 0.3) is 0 Å². The van der Waals surface area contributed by atoms with Crippen LogP contribution < -0.4 is 15.8 Å². The van der Waals surface area contributed by atoms with Crippen molar-refractivity contribution in [3.8, 4) is 5.75 Å². The van der Waals surface area contributed by atoms with Crippen LogP contribution in [0.5, 0.6) is 5.75 Å². The Morgan fingerprint density at radius 2 is 1.90 bits per heavy atom. The quantitative estimate of drug-likeness (QED) is 0.826. The van der Waals surface area contributed by atoms with E-state index in [1.807, 2.05) is 0 Å². The number of carbonyl (C=O) groups excluding carboxylic acids is 1. The summed E-state index contributed by atoms with van der Waals surface area (Å²) in [7, 11) is 1.35. The number of amides is 1. The van der Waals surface area contributed by atoms with Gasteiger partial charge in [0.05, 0.1) is 18.4 Å². The molecule has 0 spiro atoms. The molecule has 0 heterocycles. The molecule has 1 amide bonds. The first kappa shape index (κ1) is 15.2. The summed E-state index contributed by atoms with van der Waals surface area (Å²) >= 11 is 2.96. The molecule has 0 aliphatic heterocycles. The highest BCUT2D eigenvalue weighted by atomic mass is 79.9. The largest absolute Gasteiger partial charge is 0.494 e. The van der Waals surface area contributed by atoms with Crippen LogP contribution in [0.1, 0.15) is 10.4 Å². The lowest BCUT2D eigenvalue weighted by Crippen LogP contribution is -2.16. The summed E-state index contributed by atoms with van der Waals surface area (Å²) in [6.45, 7) is 0. The number of methoxy groups -OCH3 is 1. The molecular weight excluding hydrogens is 346 g/mol. The van der Waals surface area contributed by atoms with Gasteiger partial charge in [-0.05, 0) is 24.3 Å². The van der Waals surface area contributed by atoms with Crippen molar-refractivity contribution in [1.82, 2.24) is 0 Å². The summed E-state index contributed by atoms with van der Waals surface area (Å²) in [5.41, 5.74) is 5.48. The van der Waals surface area contributed by atoms with Crippen molar-refractivity contribution >= 4 is 33.2 Å². The number of nitrogen functional groups attached to an aromatic ring is 1. The molecule has 0 bridgehead atoms. The summed E-state index contributed by atoms with van der Waals surface area (Å²) in [6.07, 6.45) is 0. The zero-order chi connectivity index (χ0) is 15.6. The number of hydrogen-bond donors (Lipinski definition) is 2. The Bertz CT molecular complexity index is 684. The standard InChI is InChI=1S/C14H11BrF2N2O2/c1-21-13-8(3-2-4-11(13)18)14(20)19-12-9(16)5-7(15)6-10(12)17/h2-6H,18H2,1H3,(H,19,20). The van der Waals surface area contributed by atoms with Gasteiger partial charge in [0.25, 0.3) is 5.91 Å². The van der Waals surface area contributed by atoms with Gasteiger partial charge in [0, 0.05) is 4.47 Å². The number of anilines is 2. The molecule has 0 aliphatic rings. The van der Waals surface area contributed by atoms with E-state index in [1.54, 1.807) is 12.1 Å². The Kier molecular flexibility index (Phi) is 4.42. The number of carbonyl (C=O) groups is 1. The van der Waals surface area contributed by atoms with Crippen LogP contribution in [-0.2, 0) is 0 Å². The molecule has 0 saturated carbocycles. The molecule has 4 nitrogen and oxygen atoms in total. The fourth-order valence-electron chi connectivity index (χ4n) is 1.80. The van der Waals surface area contributed by atoms with Crippen LogP contribution in [0.3, 0.4) is 0 Å². The molecule has 21 heavy (non-hydrogen) atoms. The second-order valence-corrected chi connectivity index (χ2v) is 5.04. The van der Waals surface area contributed by atoms with E-state index in [4.69, 9.17) is 10.5 Å². The summed E-state index contributed by atoms with van der Waals surface area (Å²) in [5.74, 6) is -2.36. The molecule has 0 radical (unpaired) electrons. The van der Waals surface area contributed by atoms with Gasteiger partial charge in [-0.3, -0.25) is 4.79 Å². The molecule has 0 atom stereocenters. The van der Waals surface area contributed by atoms with Gasteiger partial charge in [-0.15, -0.1) is 0 Å². The van der Waals surface area contributed by atoms with E-state index < -0.39 is 23.2 Å². The van der Waals surface area contributed by atoms with Gasteiger partial charge in [-0.25, -0.2) is 8.78 Å². The molecule has 2 rings (SSSR count). The van der Waals surface area contributed by atoms with E-state index in [2.05, 4.69) is 21.2 Å². The average Bonchev–Trinajstić information content (AvgIpc) is 2.42. The number of nitrogens with two attached hydrogens (primary N) is 1. The number of benzene rings is 2. The zero-order valence-electron chi connectivity index (χ0n) is 10.9. The lowest BCUT2D eigenvalue weighted by molar-refractivity contribution is 0.102. The predicted octanol–water partition coefficient (Wildman–Crippen LogP) is 3.57. The van der Waals surface area contributed by atoms with Gasteiger partial charge in [0.1, 0.15) is 5.69 Å². The van der Waals surface area contributed by atoms with Crippen molar-refractivity contribution in [2.45, 2.75) is 0 Å². The Hall–Kier alpha value is -2.15. The van der Waals surface area contributed by atoms with Gasteiger partial charge >= 0.3 is 0 Å². The van der Waals surface area contributed by atoms with E-state index in [0.717, 1.165) is 12.1 Å². The van der Waals surface area contributed by atoms with Crippen LogP contribution >= 0.6 is 15.9 Å². The first-order chi connectivity index (χ1) is 9.93. The monoisotopic (exact) mass is 356 g/mol. The lowest BCUT2D eigenvalue weighted by Gasteiger charge is -2.12. The molecule has 0 fully saturated rings. The van der Waals surface area contributed by atoms with Crippen LogP contribution in [0.2, 0.25) is 0 Å². The molecule has 0 saturated heterocycles. The van der Waals surface area contributed by atoms with Crippen molar-refractivity contribution in [2.75, 3.05) is 18.2 Å². The highest BCUT2D eigenvalue weighted by Gasteiger charge is 2.18. The maximum Gasteiger partial charge on any atom is 0.259 e. The highest BCUT2D eigenvalue weighted by molar-refractivity contribution is 9.10. The van der Waals surface area contributed by atoms with Gasteiger partial charge in [-0.1, -0.05) is 22.0 Å². The van der Waals surface area contributed by atoms with Gasteiger partial charge in [0.2, 0.25) is 0 Å². The number of hydrogen-bond acceptors (Lipinski definition) is 3. The fraction of sp³-hybridized carbons (Fsp3) is 0.0714. The van der Waals surface area contributed by atoms with Crippen LogP contribution in [0.15, 0.2) is 34.8 Å². The summed E-state index contributed by atoms with van der Waals surface area (Å²) in [4.78, 5) is 12.1. The zero-order valence-corrected chi connectivity index (χ0v) is 12.5. The topological polar surface area (TPSA) is 64.3 Å². The van der Waals surface area contributed by atoms with Gasteiger partial charge in [-0.2, -0.15) is 0 Å². The van der Waals surface area contributed by atoms with Crippen molar-refractivity contribution < 1.29 is 18.3 Å². The van der Waals surface area contributed by atoms with Crippen molar-refractivity contribution in [3.63, 3.8) is 0 Å². The van der Waals surface area contributed by atoms with E-state index in [-0.39, 0.29) is 21.5 Å². The maximum absolute atomic E-state index is 13.7. The van der Waals surface area contributed by atoms with Crippen molar-refractivity contribution in [3.05, 3.63) is 52.0 Å². The van der Waals surface area contributed by atoms with E-state index >= 15 is 0 Å². The number of rotatable bonds is 3. The molecule has 0 aliphatic carbocycles. The third kappa shape index (κ3) is 3.13. The third-order valence-corrected chi connectivity index (χ3v) is 3.20. The first-order valence-corrected chi connectivity index (χ1v) is 6.61. The van der Waals surface area contributed by atoms with Crippen molar-refractivity contribution in [1.29, 1.82) is 0 Å². The molecule has 7 heteroatoms. The molecule has 0 aromatic heterocycles. The van der Waals surface area contributed by atoms with Crippen molar-refractivity contribution in [2.24, 2.45) is 0 Å². The molecule has 0 unspecified atom stereocenters. The molecule has 3 N–H and O–H groups in total. The highest BCUT2D eigenvalue weighted by Crippen LogP contribution is 2.28. The second-order valence-electron chi connectivity index (χ2n) is 4.13. The maximum atomic E-state index is 13.7. The molecule has 2 aromatic carbocycles. The van der Waals surface area contributed by atoms with Gasteiger partial charge < -0.3 is 15.8 Å². The minimum Gasteiger partial charge on any atom is -0.494 e. The number of para-hydroxylation sites is 1. The van der Waals surface area contributed by atoms with Crippen LogP contribution in [0, 0.1) is 11.6 Å². The summed E-state index contributed by atoms with van der Waals surface area (Å²) in [6, 6.07) is 6.64. The Morgan fingerprint density at radius 1 is 1.29 bits per heavy atom. The average molecular weight is 357 g/mol. The number of halogens is 3. The lowest BCUT2D eigenvalue weighted by atomic mass is 10.1. The number of nitrogens with one attached hydrogen (secondary N) is 1. The Morgan fingerprint density at radius 3 is 2.48 bits per heavy atom. The minimum absolute atomic E-state index is 0.0826. The summed E-state index contributed by atoms with van der Waals surface area (Å²) in [5, 5.41) is 2.18. The SMILES string of the molecule is COc1c(N)cccc1C(=O)Nc1c(F)cc(Br)cc1F. The van der Waals surface area contributed by atoms with Gasteiger partial charge in [0.15, 0.2) is 17.4 Å². The Labute approximate surface area is 128 Å². The smallest absolute Gasteiger partial charge is 0.259 e.